The van der Waals surface area contributed by atoms with Crippen molar-refractivity contribution in [3.8, 4) is 0 Å². The number of ketones is 3. The second-order valence-corrected chi connectivity index (χ2v) is 8.79. The fourth-order valence-corrected chi connectivity index (χ4v) is 6.44. The van der Waals surface area contributed by atoms with E-state index in [4.69, 9.17) is 0 Å². The van der Waals surface area contributed by atoms with Gasteiger partial charge in [-0.3, -0.25) is 14.4 Å². The number of carbonyl (C=O) groups excluding carboxylic acids is 3. The number of carbonyl (C=O) groups is 3. The summed E-state index contributed by atoms with van der Waals surface area (Å²) in [6.45, 7) is 4.37. The molecule has 4 saturated carbocycles. The molecule has 0 aromatic heterocycles. The minimum Gasteiger partial charge on any atom is -0.300 e. The van der Waals surface area contributed by atoms with E-state index in [-0.39, 0.29) is 34.5 Å². The van der Waals surface area contributed by atoms with Crippen LogP contribution in [0.3, 0.4) is 0 Å². The first-order chi connectivity index (χ1) is 10.4. The monoisotopic (exact) mass is 302 g/mol. The maximum atomic E-state index is 12.9. The van der Waals surface area contributed by atoms with Crippen LogP contribution >= 0.6 is 0 Å². The van der Waals surface area contributed by atoms with Crippen molar-refractivity contribution < 1.29 is 14.4 Å². The molecule has 0 aromatic rings. The molecule has 0 heterocycles. The van der Waals surface area contributed by atoms with Crippen LogP contribution in [0, 0.1) is 34.5 Å². The van der Waals surface area contributed by atoms with E-state index in [1.54, 1.807) is 0 Å². The third-order valence-electron chi connectivity index (χ3n) is 7.95. The van der Waals surface area contributed by atoms with Crippen LogP contribution in [0.1, 0.15) is 65.2 Å². The number of rotatable bonds is 0. The SMILES string of the molecule is C[C@]12CCC(=O)CC1CC(=O)[C@@H]1C2CC(=O)[C@]2(C)CCC[C@@H]12. The molecule has 0 saturated heterocycles. The van der Waals surface area contributed by atoms with E-state index in [0.29, 0.717) is 43.0 Å². The Morgan fingerprint density at radius 1 is 0.955 bits per heavy atom. The van der Waals surface area contributed by atoms with Crippen LogP contribution < -0.4 is 0 Å². The van der Waals surface area contributed by atoms with E-state index in [0.717, 1.165) is 25.7 Å². The Morgan fingerprint density at radius 3 is 2.50 bits per heavy atom. The molecule has 0 amide bonds. The van der Waals surface area contributed by atoms with E-state index in [1.807, 2.05) is 0 Å². The summed E-state index contributed by atoms with van der Waals surface area (Å²) in [5.74, 6) is 1.77. The Bertz CT molecular complexity index is 565. The highest BCUT2D eigenvalue weighted by molar-refractivity contribution is 5.92. The van der Waals surface area contributed by atoms with Gasteiger partial charge in [0, 0.05) is 37.0 Å². The highest BCUT2D eigenvalue weighted by Gasteiger charge is 2.63. The quantitative estimate of drug-likeness (QED) is 0.689. The summed E-state index contributed by atoms with van der Waals surface area (Å²) in [5.41, 5.74) is -0.226. The molecule has 6 atom stereocenters. The lowest BCUT2D eigenvalue weighted by Crippen LogP contribution is -2.58. The normalized spacial score (nSPS) is 51.3. The first-order valence-electron chi connectivity index (χ1n) is 8.94. The van der Waals surface area contributed by atoms with Gasteiger partial charge in [0.1, 0.15) is 17.3 Å². The van der Waals surface area contributed by atoms with E-state index < -0.39 is 0 Å². The zero-order chi connectivity index (χ0) is 15.7. The number of hydrogen-bond donors (Lipinski definition) is 0. The van der Waals surface area contributed by atoms with Gasteiger partial charge in [-0.25, -0.2) is 0 Å². The Hall–Kier alpha value is -0.990. The second-order valence-electron chi connectivity index (χ2n) is 8.79. The van der Waals surface area contributed by atoms with Gasteiger partial charge in [0.25, 0.3) is 0 Å². The predicted octanol–water partition coefficient (Wildman–Crippen LogP) is 3.35. The highest BCUT2D eigenvalue weighted by atomic mass is 16.1. The van der Waals surface area contributed by atoms with Crippen molar-refractivity contribution in [3.63, 3.8) is 0 Å². The van der Waals surface area contributed by atoms with Crippen molar-refractivity contribution in [1.82, 2.24) is 0 Å². The summed E-state index contributed by atoms with van der Waals surface area (Å²) < 4.78 is 0. The first-order valence-corrected chi connectivity index (χ1v) is 8.94. The van der Waals surface area contributed by atoms with Crippen molar-refractivity contribution in [2.45, 2.75) is 65.2 Å². The molecule has 120 valence electrons. The maximum absolute atomic E-state index is 12.9. The molecule has 4 fully saturated rings. The Morgan fingerprint density at radius 2 is 1.73 bits per heavy atom. The van der Waals surface area contributed by atoms with Gasteiger partial charge < -0.3 is 0 Å². The molecule has 4 aliphatic carbocycles. The van der Waals surface area contributed by atoms with Gasteiger partial charge in [0.2, 0.25) is 0 Å². The molecular formula is C19H26O3. The number of hydrogen-bond acceptors (Lipinski definition) is 3. The minimum atomic E-state index is -0.246. The summed E-state index contributed by atoms with van der Waals surface area (Å²) in [6, 6.07) is 0. The van der Waals surface area contributed by atoms with E-state index in [9.17, 15) is 14.4 Å². The number of Topliss-reactive ketones (excluding diaryl/α,β-unsaturated/α-hetero) is 3. The standard InChI is InChI=1S/C19H26O3/c1-18-7-5-12(20)8-11(18)9-15(21)17-13-4-3-6-19(13,2)16(22)10-14(17)18/h11,13-14,17H,3-10H2,1-2H3/t11?,13-,14?,17-,18-,19+/m0/s1. The van der Waals surface area contributed by atoms with Crippen LogP contribution in [0.25, 0.3) is 0 Å². The summed E-state index contributed by atoms with van der Waals surface area (Å²) in [5, 5.41) is 0. The van der Waals surface area contributed by atoms with Crippen LogP contribution in [-0.2, 0) is 14.4 Å². The third-order valence-corrected chi connectivity index (χ3v) is 7.95. The molecule has 2 unspecified atom stereocenters. The summed E-state index contributed by atoms with van der Waals surface area (Å²) in [7, 11) is 0. The summed E-state index contributed by atoms with van der Waals surface area (Å²) >= 11 is 0. The Labute approximate surface area is 132 Å². The lowest BCUT2D eigenvalue weighted by Gasteiger charge is -2.58. The topological polar surface area (TPSA) is 51.2 Å². The van der Waals surface area contributed by atoms with Crippen LogP contribution in [-0.4, -0.2) is 17.3 Å². The van der Waals surface area contributed by atoms with E-state index in [1.165, 1.54) is 0 Å². The van der Waals surface area contributed by atoms with Crippen LogP contribution in [0.5, 0.6) is 0 Å². The molecule has 0 aliphatic heterocycles. The molecule has 0 radical (unpaired) electrons. The molecule has 4 rings (SSSR count). The van der Waals surface area contributed by atoms with Gasteiger partial charge in [-0.15, -0.1) is 0 Å². The second kappa shape index (κ2) is 4.52. The fourth-order valence-electron chi connectivity index (χ4n) is 6.44. The third kappa shape index (κ3) is 1.71. The minimum absolute atomic E-state index is 0.0199. The van der Waals surface area contributed by atoms with Crippen LogP contribution in [0.4, 0.5) is 0 Å². The molecule has 22 heavy (non-hydrogen) atoms. The molecule has 0 aromatic carbocycles. The Balaban J connectivity index is 1.75. The smallest absolute Gasteiger partial charge is 0.139 e. The van der Waals surface area contributed by atoms with Crippen molar-refractivity contribution >= 4 is 17.3 Å². The molecular weight excluding hydrogens is 276 g/mol. The first kappa shape index (κ1) is 14.6. The van der Waals surface area contributed by atoms with E-state index >= 15 is 0 Å². The Kier molecular flexibility index (Phi) is 3.00. The molecule has 3 nitrogen and oxygen atoms in total. The van der Waals surface area contributed by atoms with Crippen LogP contribution in [0.15, 0.2) is 0 Å². The average Bonchev–Trinajstić information content (AvgIpc) is 2.85. The van der Waals surface area contributed by atoms with Crippen molar-refractivity contribution in [2.75, 3.05) is 0 Å². The van der Waals surface area contributed by atoms with Gasteiger partial charge in [0.15, 0.2) is 0 Å². The molecule has 3 heteroatoms. The number of fused-ring (bicyclic) bond motifs is 5. The van der Waals surface area contributed by atoms with Crippen molar-refractivity contribution in [2.24, 2.45) is 34.5 Å². The summed E-state index contributed by atoms with van der Waals surface area (Å²) in [4.78, 5) is 37.6. The lowest BCUT2D eigenvalue weighted by atomic mass is 9.45. The van der Waals surface area contributed by atoms with Gasteiger partial charge in [-0.2, -0.15) is 0 Å². The molecule has 0 bridgehead atoms. The van der Waals surface area contributed by atoms with E-state index in [2.05, 4.69) is 13.8 Å². The van der Waals surface area contributed by atoms with Gasteiger partial charge in [0.05, 0.1) is 0 Å². The highest BCUT2D eigenvalue weighted by Crippen LogP contribution is 2.63. The summed E-state index contributed by atoms with van der Waals surface area (Å²) in [6.07, 6.45) is 6.31. The molecule has 0 N–H and O–H groups in total. The van der Waals surface area contributed by atoms with Crippen molar-refractivity contribution in [3.05, 3.63) is 0 Å². The van der Waals surface area contributed by atoms with Gasteiger partial charge in [-0.1, -0.05) is 20.3 Å². The van der Waals surface area contributed by atoms with Crippen LogP contribution in [0.2, 0.25) is 0 Å². The molecule has 4 aliphatic rings. The maximum Gasteiger partial charge on any atom is 0.139 e. The van der Waals surface area contributed by atoms with Gasteiger partial charge >= 0.3 is 0 Å². The fraction of sp³-hybridized carbons (Fsp3) is 0.842. The predicted molar refractivity (Wildman–Crippen MR) is 82.1 cm³/mol. The zero-order valence-corrected chi connectivity index (χ0v) is 13.7. The van der Waals surface area contributed by atoms with Crippen molar-refractivity contribution in [1.29, 1.82) is 0 Å². The molecule has 0 spiro atoms. The lowest BCUT2D eigenvalue weighted by molar-refractivity contribution is -0.163. The largest absolute Gasteiger partial charge is 0.300 e. The zero-order valence-electron chi connectivity index (χ0n) is 13.7. The average molecular weight is 302 g/mol. The van der Waals surface area contributed by atoms with Gasteiger partial charge in [-0.05, 0) is 42.4 Å².